The van der Waals surface area contributed by atoms with Crippen molar-refractivity contribution < 1.29 is 27.9 Å². The average molecular weight is 478 g/mol. The third-order valence-electron chi connectivity index (χ3n) is 4.64. The van der Waals surface area contributed by atoms with Crippen LogP contribution < -0.4 is 10.1 Å². The van der Waals surface area contributed by atoms with Crippen LogP contribution in [-0.4, -0.2) is 36.2 Å². The molecule has 7 nitrogen and oxygen atoms in total. The highest BCUT2D eigenvalue weighted by Crippen LogP contribution is 2.44. The number of aryl methyl sites for hydroxylation is 1. The van der Waals surface area contributed by atoms with Gasteiger partial charge < -0.3 is 18.3 Å². The number of hydrogen-bond donors (Lipinski definition) is 1. The van der Waals surface area contributed by atoms with Gasteiger partial charge in [-0.1, -0.05) is 53.7 Å². The number of rotatable bonds is 12. The molecule has 172 valence electrons. The lowest BCUT2D eigenvalue weighted by atomic mass is 10.1. The quantitative estimate of drug-likeness (QED) is 0.414. The Morgan fingerprint density at radius 1 is 1.00 bits per heavy atom. The molecule has 1 aliphatic heterocycles. The molecule has 3 rings (SSSR count). The summed E-state index contributed by atoms with van der Waals surface area (Å²) in [5, 5.41) is 1.64. The van der Waals surface area contributed by atoms with Gasteiger partial charge in [0, 0.05) is 0 Å². The Labute approximate surface area is 194 Å². The first-order valence-corrected chi connectivity index (χ1v) is 12.5. The van der Waals surface area contributed by atoms with Crippen LogP contribution in [0, 0.1) is 6.92 Å². The van der Waals surface area contributed by atoms with Crippen molar-refractivity contribution in [1.29, 1.82) is 0 Å². The van der Waals surface area contributed by atoms with E-state index in [-0.39, 0.29) is 29.1 Å². The van der Waals surface area contributed by atoms with Gasteiger partial charge in [0.1, 0.15) is 18.5 Å². The van der Waals surface area contributed by atoms with E-state index in [1.54, 1.807) is 0 Å². The molecule has 2 aromatic rings. The van der Waals surface area contributed by atoms with Gasteiger partial charge in [-0.3, -0.25) is 14.9 Å². The number of amides is 2. The highest BCUT2D eigenvalue weighted by atomic mass is 32.2. The van der Waals surface area contributed by atoms with Gasteiger partial charge >= 0.3 is 8.60 Å². The molecule has 2 amide bonds. The zero-order valence-electron chi connectivity index (χ0n) is 18.4. The van der Waals surface area contributed by atoms with E-state index >= 15 is 0 Å². The Morgan fingerprint density at radius 3 is 2.22 bits per heavy atom. The number of carbonyl (C=O) groups excluding carboxylic acids is 2. The first kappa shape index (κ1) is 24.7. The Hall–Kier alpha value is -1.96. The van der Waals surface area contributed by atoms with E-state index in [0.717, 1.165) is 28.5 Å². The summed E-state index contributed by atoms with van der Waals surface area (Å²) in [5.74, 6) is 0.449. The van der Waals surface area contributed by atoms with Gasteiger partial charge in [0.2, 0.25) is 5.91 Å². The maximum atomic E-state index is 11.8. The van der Waals surface area contributed by atoms with Crippen molar-refractivity contribution in [2.24, 2.45) is 0 Å². The number of carbonyl (C=O) groups is 2. The molecule has 1 aliphatic rings. The summed E-state index contributed by atoms with van der Waals surface area (Å²) in [6.45, 7) is 7.13. The van der Waals surface area contributed by atoms with Crippen LogP contribution in [0.1, 0.15) is 36.6 Å². The number of ether oxygens (including phenoxy) is 1. The molecular formula is C23H28NO6PS. The number of imide groups is 1. The summed E-state index contributed by atoms with van der Waals surface area (Å²) in [6, 6.07) is 15.6. The maximum absolute atomic E-state index is 11.8. The van der Waals surface area contributed by atoms with E-state index in [2.05, 4.69) is 5.32 Å². The molecule has 1 N–H and O–H groups in total. The normalized spacial score (nSPS) is 16.9. The second-order valence-corrected chi connectivity index (χ2v) is 9.46. The molecule has 1 fully saturated rings. The van der Waals surface area contributed by atoms with Crippen LogP contribution in [0.5, 0.6) is 5.75 Å². The lowest BCUT2D eigenvalue weighted by Crippen LogP contribution is -2.25. The summed E-state index contributed by atoms with van der Waals surface area (Å²) in [7, 11) is -1.48. The van der Waals surface area contributed by atoms with Gasteiger partial charge in [-0.15, -0.1) is 0 Å². The Kier molecular flexibility index (Phi) is 9.51. The van der Waals surface area contributed by atoms with Crippen molar-refractivity contribution in [3.63, 3.8) is 0 Å². The summed E-state index contributed by atoms with van der Waals surface area (Å²) in [5.41, 5.74) is 3.10. The summed E-state index contributed by atoms with van der Waals surface area (Å²) >= 11 is 1.03. The Morgan fingerprint density at radius 2 is 1.66 bits per heavy atom. The molecule has 0 aliphatic carbocycles. The molecule has 2 atom stereocenters. The van der Waals surface area contributed by atoms with Crippen molar-refractivity contribution >= 4 is 31.5 Å². The molecule has 0 spiro atoms. The zero-order valence-corrected chi connectivity index (χ0v) is 20.1. The van der Waals surface area contributed by atoms with Crippen molar-refractivity contribution in [3.8, 4) is 5.75 Å². The van der Waals surface area contributed by atoms with Crippen LogP contribution in [0.4, 0.5) is 4.79 Å². The summed E-state index contributed by atoms with van der Waals surface area (Å²) < 4.78 is 23.4. The monoisotopic (exact) mass is 477 g/mol. The second kappa shape index (κ2) is 12.3. The van der Waals surface area contributed by atoms with Gasteiger partial charge in [0.25, 0.3) is 5.24 Å². The average Bonchev–Trinajstić information content (AvgIpc) is 3.09. The minimum Gasteiger partial charge on any atom is -0.491 e. The van der Waals surface area contributed by atoms with Crippen molar-refractivity contribution in [2.45, 2.75) is 38.5 Å². The molecule has 9 heteroatoms. The van der Waals surface area contributed by atoms with E-state index in [9.17, 15) is 9.59 Å². The molecule has 2 unspecified atom stereocenters. The Bertz CT molecular complexity index is 886. The minimum atomic E-state index is -1.48. The SMILES string of the molecule is CCOP(OCC)OC(COc1ccc(CC2SC(=O)NC2=O)cc1)c1ccc(C)cc1. The fourth-order valence-electron chi connectivity index (χ4n) is 3.02. The van der Waals surface area contributed by atoms with Gasteiger partial charge in [0.15, 0.2) is 0 Å². The molecule has 1 saturated heterocycles. The Balaban J connectivity index is 1.63. The molecule has 0 bridgehead atoms. The third-order valence-corrected chi connectivity index (χ3v) is 6.99. The molecular weight excluding hydrogens is 449 g/mol. The molecule has 0 saturated carbocycles. The standard InChI is InChI=1S/C23H28NO6PS/c1-4-28-31(29-5-2)30-20(18-10-6-16(3)7-11-18)15-27-19-12-8-17(9-13-19)14-21-22(25)24-23(26)32-21/h6-13,20-21H,4-5,14-15H2,1-3H3,(H,24,25,26). The first-order chi connectivity index (χ1) is 15.5. The predicted octanol–water partition coefficient (Wildman–Crippen LogP) is 5.33. The van der Waals surface area contributed by atoms with Crippen LogP contribution in [0.2, 0.25) is 0 Å². The fraction of sp³-hybridized carbons (Fsp3) is 0.391. The summed E-state index contributed by atoms with van der Waals surface area (Å²) in [6.07, 6.45) is 0.133. The van der Waals surface area contributed by atoms with Crippen molar-refractivity contribution in [2.75, 3.05) is 19.8 Å². The van der Waals surface area contributed by atoms with E-state index in [0.29, 0.717) is 25.4 Å². The molecule has 0 aromatic heterocycles. The smallest absolute Gasteiger partial charge is 0.333 e. The van der Waals surface area contributed by atoms with E-state index < -0.39 is 8.60 Å². The van der Waals surface area contributed by atoms with Crippen molar-refractivity contribution in [3.05, 3.63) is 65.2 Å². The highest BCUT2D eigenvalue weighted by Gasteiger charge is 2.31. The van der Waals surface area contributed by atoms with E-state index in [1.165, 1.54) is 0 Å². The number of thioether (sulfide) groups is 1. The number of hydrogen-bond acceptors (Lipinski definition) is 7. The lowest BCUT2D eigenvalue weighted by molar-refractivity contribution is -0.118. The van der Waals surface area contributed by atoms with E-state index in [4.69, 9.17) is 18.3 Å². The van der Waals surface area contributed by atoms with Gasteiger partial charge in [-0.05, 0) is 50.5 Å². The fourth-order valence-corrected chi connectivity index (χ4v) is 4.88. The lowest BCUT2D eigenvalue weighted by Gasteiger charge is -2.23. The molecule has 0 radical (unpaired) electrons. The largest absolute Gasteiger partial charge is 0.491 e. The number of nitrogens with one attached hydrogen (secondary N) is 1. The summed E-state index contributed by atoms with van der Waals surface area (Å²) in [4.78, 5) is 23.1. The zero-order chi connectivity index (χ0) is 22.9. The molecule has 32 heavy (non-hydrogen) atoms. The van der Waals surface area contributed by atoms with Gasteiger partial charge in [-0.25, -0.2) is 0 Å². The van der Waals surface area contributed by atoms with Gasteiger partial charge in [-0.2, -0.15) is 0 Å². The third kappa shape index (κ3) is 7.29. The highest BCUT2D eigenvalue weighted by molar-refractivity contribution is 8.15. The van der Waals surface area contributed by atoms with E-state index in [1.807, 2.05) is 69.3 Å². The minimum absolute atomic E-state index is 0.237. The van der Waals surface area contributed by atoms with Crippen LogP contribution >= 0.6 is 20.4 Å². The molecule has 2 aromatic carbocycles. The van der Waals surface area contributed by atoms with Gasteiger partial charge in [0.05, 0.1) is 18.5 Å². The van der Waals surface area contributed by atoms with Crippen LogP contribution in [0.15, 0.2) is 48.5 Å². The maximum Gasteiger partial charge on any atom is 0.333 e. The van der Waals surface area contributed by atoms with Crippen LogP contribution in [0.3, 0.4) is 0 Å². The second-order valence-electron chi connectivity index (χ2n) is 7.11. The van der Waals surface area contributed by atoms with Crippen molar-refractivity contribution in [1.82, 2.24) is 5.32 Å². The first-order valence-electron chi connectivity index (χ1n) is 10.5. The predicted molar refractivity (Wildman–Crippen MR) is 126 cm³/mol. The number of benzene rings is 2. The van der Waals surface area contributed by atoms with Crippen LogP contribution in [-0.2, 0) is 24.8 Å². The van der Waals surface area contributed by atoms with Crippen LogP contribution in [0.25, 0.3) is 0 Å². The molecule has 1 heterocycles. The topological polar surface area (TPSA) is 83.1 Å².